The van der Waals surface area contributed by atoms with Gasteiger partial charge in [0.25, 0.3) is 0 Å². The second-order valence-corrected chi connectivity index (χ2v) is 5.13. The van der Waals surface area contributed by atoms with E-state index in [2.05, 4.69) is 16.8 Å². The molecule has 0 saturated carbocycles. The summed E-state index contributed by atoms with van der Waals surface area (Å²) >= 11 is 1.68. The maximum atomic E-state index is 11.5. The molecule has 5 heteroatoms. The first-order chi connectivity index (χ1) is 8.67. The summed E-state index contributed by atoms with van der Waals surface area (Å²) in [6.45, 7) is 8.64. The Morgan fingerprint density at radius 3 is 2.78 bits per heavy atom. The third kappa shape index (κ3) is 5.14. The third-order valence-electron chi connectivity index (χ3n) is 2.70. The van der Waals surface area contributed by atoms with Crippen molar-refractivity contribution >= 4 is 17.3 Å². The number of rotatable bonds is 8. The maximum absolute atomic E-state index is 11.5. The maximum Gasteiger partial charge on any atom is 0.320 e. The van der Waals surface area contributed by atoms with Crippen LogP contribution in [0.15, 0.2) is 5.51 Å². The highest BCUT2D eigenvalue weighted by molar-refractivity contribution is 7.09. The number of ether oxygens (including phenoxy) is 1. The molecule has 0 N–H and O–H groups in total. The van der Waals surface area contributed by atoms with Gasteiger partial charge in [-0.05, 0) is 33.2 Å². The molecule has 1 aromatic rings. The zero-order valence-electron chi connectivity index (χ0n) is 11.4. The Bertz CT molecular complexity index is 366. The van der Waals surface area contributed by atoms with Crippen molar-refractivity contribution in [1.82, 2.24) is 9.88 Å². The monoisotopic (exact) mass is 270 g/mol. The lowest BCUT2D eigenvalue weighted by Crippen LogP contribution is -2.33. The number of aryl methyl sites for hydroxylation is 1. The zero-order chi connectivity index (χ0) is 13.4. The highest BCUT2D eigenvalue weighted by Crippen LogP contribution is 2.13. The molecule has 0 radical (unpaired) electrons. The van der Waals surface area contributed by atoms with Gasteiger partial charge in [-0.2, -0.15) is 0 Å². The molecule has 0 aliphatic rings. The lowest BCUT2D eigenvalue weighted by molar-refractivity contribution is -0.144. The topological polar surface area (TPSA) is 42.4 Å². The fourth-order valence-electron chi connectivity index (χ4n) is 1.80. The number of aromatic nitrogens is 1. The van der Waals surface area contributed by atoms with Gasteiger partial charge in [0.1, 0.15) is 0 Å². The summed E-state index contributed by atoms with van der Waals surface area (Å²) < 4.78 is 4.99. The van der Waals surface area contributed by atoms with E-state index in [0.29, 0.717) is 13.2 Å². The highest BCUT2D eigenvalue weighted by atomic mass is 32.1. The minimum Gasteiger partial charge on any atom is -0.465 e. The molecule has 102 valence electrons. The van der Waals surface area contributed by atoms with Crippen molar-refractivity contribution in [3.63, 3.8) is 0 Å². The summed E-state index contributed by atoms with van der Waals surface area (Å²) in [6.07, 6.45) is 2.00. The van der Waals surface area contributed by atoms with Gasteiger partial charge in [-0.3, -0.25) is 9.69 Å². The first kappa shape index (κ1) is 15.1. The van der Waals surface area contributed by atoms with E-state index in [0.717, 1.165) is 31.6 Å². The van der Waals surface area contributed by atoms with Gasteiger partial charge >= 0.3 is 5.97 Å². The average molecular weight is 270 g/mol. The van der Waals surface area contributed by atoms with Crippen LogP contribution in [-0.4, -0.2) is 42.1 Å². The lowest BCUT2D eigenvalue weighted by atomic mass is 10.2. The second kappa shape index (κ2) is 8.21. The molecule has 0 amide bonds. The van der Waals surface area contributed by atoms with E-state index in [-0.39, 0.29) is 5.97 Å². The summed E-state index contributed by atoms with van der Waals surface area (Å²) in [4.78, 5) is 19.2. The van der Waals surface area contributed by atoms with E-state index in [1.54, 1.807) is 11.3 Å². The smallest absolute Gasteiger partial charge is 0.320 e. The normalized spacial score (nSPS) is 10.9. The average Bonchev–Trinajstić information content (AvgIpc) is 2.72. The molecule has 0 fully saturated rings. The van der Waals surface area contributed by atoms with Crippen LogP contribution >= 0.6 is 11.3 Å². The molecule has 0 aliphatic carbocycles. The van der Waals surface area contributed by atoms with Crippen LogP contribution in [0.1, 0.15) is 30.8 Å². The molecular weight excluding hydrogens is 248 g/mol. The van der Waals surface area contributed by atoms with Crippen molar-refractivity contribution in [2.45, 2.75) is 33.6 Å². The molecule has 18 heavy (non-hydrogen) atoms. The first-order valence-electron chi connectivity index (χ1n) is 6.44. The first-order valence-corrected chi connectivity index (χ1v) is 7.32. The van der Waals surface area contributed by atoms with Crippen LogP contribution in [0.2, 0.25) is 0 Å². The van der Waals surface area contributed by atoms with Crippen molar-refractivity contribution < 1.29 is 9.53 Å². The molecule has 0 saturated heterocycles. The van der Waals surface area contributed by atoms with Gasteiger partial charge in [-0.1, -0.05) is 6.92 Å². The fourth-order valence-corrected chi connectivity index (χ4v) is 2.57. The number of carbonyl (C=O) groups excluding carboxylic acids is 1. The van der Waals surface area contributed by atoms with Crippen LogP contribution < -0.4 is 0 Å². The minimum atomic E-state index is -0.132. The van der Waals surface area contributed by atoms with Crippen molar-refractivity contribution in [1.29, 1.82) is 0 Å². The van der Waals surface area contributed by atoms with Crippen LogP contribution in [0, 0.1) is 6.92 Å². The SMILES string of the molecule is CCCN(CCc1scnc1C)CC(=O)OCC. The summed E-state index contributed by atoms with van der Waals surface area (Å²) in [7, 11) is 0. The van der Waals surface area contributed by atoms with Gasteiger partial charge in [0, 0.05) is 11.4 Å². The quantitative estimate of drug-likeness (QED) is 0.680. The van der Waals surface area contributed by atoms with Crippen molar-refractivity contribution in [2.24, 2.45) is 0 Å². The number of carbonyl (C=O) groups is 1. The van der Waals surface area contributed by atoms with Crippen LogP contribution in [0.4, 0.5) is 0 Å². The Kier molecular flexibility index (Phi) is 6.90. The van der Waals surface area contributed by atoms with Crippen molar-refractivity contribution in [3.05, 3.63) is 16.1 Å². The predicted molar refractivity (Wildman–Crippen MR) is 73.9 cm³/mol. The van der Waals surface area contributed by atoms with Gasteiger partial charge in [0.2, 0.25) is 0 Å². The van der Waals surface area contributed by atoms with Gasteiger partial charge in [-0.25, -0.2) is 4.98 Å². The Morgan fingerprint density at radius 1 is 1.44 bits per heavy atom. The molecule has 1 heterocycles. The third-order valence-corrected chi connectivity index (χ3v) is 3.69. The molecule has 1 aromatic heterocycles. The van der Waals surface area contributed by atoms with E-state index < -0.39 is 0 Å². The number of thiazole rings is 1. The zero-order valence-corrected chi connectivity index (χ0v) is 12.3. The number of esters is 1. The van der Waals surface area contributed by atoms with Gasteiger partial charge in [0.15, 0.2) is 0 Å². The Labute approximate surface area is 113 Å². The molecule has 0 atom stereocenters. The number of hydrogen-bond donors (Lipinski definition) is 0. The molecule has 1 rings (SSSR count). The molecular formula is C13H22N2O2S. The van der Waals surface area contributed by atoms with Gasteiger partial charge in [0.05, 0.1) is 24.4 Å². The van der Waals surface area contributed by atoms with Crippen LogP contribution in [0.25, 0.3) is 0 Å². The molecule has 0 spiro atoms. The highest BCUT2D eigenvalue weighted by Gasteiger charge is 2.11. The Hall–Kier alpha value is -0.940. The lowest BCUT2D eigenvalue weighted by Gasteiger charge is -2.20. The molecule has 4 nitrogen and oxygen atoms in total. The summed E-state index contributed by atoms with van der Waals surface area (Å²) in [5.74, 6) is -0.132. The van der Waals surface area contributed by atoms with E-state index in [1.807, 2.05) is 19.4 Å². The van der Waals surface area contributed by atoms with Crippen LogP contribution in [0.3, 0.4) is 0 Å². The largest absolute Gasteiger partial charge is 0.465 e. The second-order valence-electron chi connectivity index (χ2n) is 4.19. The van der Waals surface area contributed by atoms with E-state index in [9.17, 15) is 4.79 Å². The fraction of sp³-hybridized carbons (Fsp3) is 0.692. The van der Waals surface area contributed by atoms with Crippen molar-refractivity contribution in [2.75, 3.05) is 26.2 Å². The molecule has 0 bridgehead atoms. The van der Waals surface area contributed by atoms with Gasteiger partial charge in [-0.15, -0.1) is 11.3 Å². The van der Waals surface area contributed by atoms with E-state index >= 15 is 0 Å². The number of hydrogen-bond acceptors (Lipinski definition) is 5. The Balaban J connectivity index is 2.42. The van der Waals surface area contributed by atoms with Crippen LogP contribution in [-0.2, 0) is 16.0 Å². The number of nitrogens with zero attached hydrogens (tertiary/aromatic N) is 2. The van der Waals surface area contributed by atoms with E-state index in [1.165, 1.54) is 4.88 Å². The summed E-state index contributed by atoms with van der Waals surface area (Å²) in [6, 6.07) is 0. The minimum absolute atomic E-state index is 0.132. The van der Waals surface area contributed by atoms with Crippen LogP contribution in [0.5, 0.6) is 0 Å². The Morgan fingerprint density at radius 2 is 2.22 bits per heavy atom. The molecule has 0 aliphatic heterocycles. The predicted octanol–water partition coefficient (Wildman–Crippen LogP) is 2.27. The molecule has 0 aromatic carbocycles. The molecule has 0 unspecified atom stereocenters. The van der Waals surface area contributed by atoms with E-state index in [4.69, 9.17) is 4.74 Å². The standard InChI is InChI=1S/C13H22N2O2S/c1-4-7-15(9-13(16)17-5-2)8-6-12-11(3)14-10-18-12/h10H,4-9H2,1-3H3. The summed E-state index contributed by atoms with van der Waals surface area (Å²) in [5, 5.41) is 0. The van der Waals surface area contributed by atoms with Crippen molar-refractivity contribution in [3.8, 4) is 0 Å². The van der Waals surface area contributed by atoms with Gasteiger partial charge < -0.3 is 4.74 Å². The summed E-state index contributed by atoms with van der Waals surface area (Å²) in [5.41, 5.74) is 2.98.